The maximum absolute atomic E-state index is 10.5. The molecule has 2 heteroatoms. The van der Waals surface area contributed by atoms with Gasteiger partial charge in [0.05, 0.1) is 5.69 Å². The third-order valence-electron chi connectivity index (χ3n) is 5.46. The van der Waals surface area contributed by atoms with Crippen molar-refractivity contribution in [2.45, 2.75) is 116 Å². The summed E-state index contributed by atoms with van der Waals surface area (Å²) in [4.78, 5) is 14.3. The molecule has 0 N–H and O–H groups in total. The van der Waals surface area contributed by atoms with E-state index in [1.807, 2.05) is 18.2 Å². The Bertz CT molecular complexity index is 505. The molecule has 0 saturated carbocycles. The smallest absolute Gasteiger partial charge is 0.211 e. The van der Waals surface area contributed by atoms with Crippen molar-refractivity contribution < 1.29 is 4.79 Å². The van der Waals surface area contributed by atoms with Gasteiger partial charge in [0.1, 0.15) is 0 Å². The molecule has 0 fully saturated rings. The molecule has 0 aliphatic rings. The Balaban J connectivity index is 1.85. The number of para-hydroxylation sites is 1. The molecule has 0 heterocycles. The fraction of sp³-hybridized carbons (Fsp3) is 0.720. The van der Waals surface area contributed by atoms with Crippen molar-refractivity contribution in [3.05, 3.63) is 29.8 Å². The van der Waals surface area contributed by atoms with Crippen molar-refractivity contribution in [1.82, 2.24) is 0 Å². The van der Waals surface area contributed by atoms with Gasteiger partial charge < -0.3 is 0 Å². The summed E-state index contributed by atoms with van der Waals surface area (Å²) in [7, 11) is 0. The van der Waals surface area contributed by atoms with Gasteiger partial charge in [-0.25, -0.2) is 4.79 Å². The molecule has 0 aliphatic heterocycles. The number of hydrogen-bond acceptors (Lipinski definition) is 2. The van der Waals surface area contributed by atoms with Crippen molar-refractivity contribution >= 4 is 11.8 Å². The number of nitrogens with zero attached hydrogens (tertiary/aromatic N) is 1. The summed E-state index contributed by atoms with van der Waals surface area (Å²) in [5.41, 5.74) is 1.96. The highest BCUT2D eigenvalue weighted by atomic mass is 16.1. The summed E-state index contributed by atoms with van der Waals surface area (Å²) < 4.78 is 0. The lowest BCUT2D eigenvalue weighted by molar-refractivity contribution is 0.529. The Morgan fingerprint density at radius 3 is 1.59 bits per heavy atom. The van der Waals surface area contributed by atoms with Crippen LogP contribution in [0.3, 0.4) is 0 Å². The van der Waals surface area contributed by atoms with Crippen LogP contribution in [0.5, 0.6) is 0 Å². The predicted molar refractivity (Wildman–Crippen MR) is 117 cm³/mol. The zero-order chi connectivity index (χ0) is 19.4. The minimum atomic E-state index is 0.786. The third kappa shape index (κ3) is 13.4. The van der Waals surface area contributed by atoms with Crippen LogP contribution in [0.15, 0.2) is 29.3 Å². The molecular formula is C25H41NO. The predicted octanol–water partition coefficient (Wildman–Crippen LogP) is 8.46. The van der Waals surface area contributed by atoms with E-state index in [0.717, 1.165) is 12.1 Å². The first-order chi connectivity index (χ1) is 13.4. The van der Waals surface area contributed by atoms with Gasteiger partial charge in [0.15, 0.2) is 0 Å². The third-order valence-corrected chi connectivity index (χ3v) is 5.46. The Morgan fingerprint density at radius 2 is 1.11 bits per heavy atom. The standard InChI is InChI=1S/C25H41NO/c1-2-3-4-5-6-7-8-9-10-11-12-13-14-15-16-17-20-24-21-18-19-22-25(24)26-23-27/h18-19,21-22H,2-17,20H2,1H3. The molecule has 0 amide bonds. The van der Waals surface area contributed by atoms with Gasteiger partial charge in [0, 0.05) is 0 Å². The second kappa shape index (κ2) is 18.0. The number of carbonyl (C=O) groups excluding carboxylic acids is 1. The average Bonchev–Trinajstić information content (AvgIpc) is 2.69. The van der Waals surface area contributed by atoms with Gasteiger partial charge in [-0.05, 0) is 24.5 Å². The molecule has 2 nitrogen and oxygen atoms in total. The summed E-state index contributed by atoms with van der Waals surface area (Å²) in [5, 5.41) is 0. The van der Waals surface area contributed by atoms with E-state index < -0.39 is 0 Å². The topological polar surface area (TPSA) is 29.4 Å². The molecule has 0 bridgehead atoms. The number of rotatable bonds is 18. The Hall–Kier alpha value is -1.40. The van der Waals surface area contributed by atoms with Crippen LogP contribution in [-0.4, -0.2) is 6.08 Å². The molecule has 0 aliphatic carbocycles. The van der Waals surface area contributed by atoms with Gasteiger partial charge in [-0.2, -0.15) is 4.99 Å². The second-order valence-electron chi connectivity index (χ2n) is 7.89. The van der Waals surface area contributed by atoms with Gasteiger partial charge >= 0.3 is 0 Å². The van der Waals surface area contributed by atoms with E-state index in [4.69, 9.17) is 0 Å². The lowest BCUT2D eigenvalue weighted by Gasteiger charge is -2.05. The summed E-state index contributed by atoms with van der Waals surface area (Å²) in [5.74, 6) is 0. The number of unbranched alkanes of at least 4 members (excludes halogenated alkanes) is 15. The van der Waals surface area contributed by atoms with E-state index in [9.17, 15) is 4.79 Å². The molecule has 1 rings (SSSR count). The first-order valence-electron chi connectivity index (χ1n) is 11.5. The lowest BCUT2D eigenvalue weighted by Crippen LogP contribution is -1.87. The molecule has 0 aromatic heterocycles. The van der Waals surface area contributed by atoms with E-state index in [0.29, 0.717) is 0 Å². The van der Waals surface area contributed by atoms with Crippen LogP contribution >= 0.6 is 0 Å². The second-order valence-corrected chi connectivity index (χ2v) is 7.89. The van der Waals surface area contributed by atoms with Gasteiger partial charge in [-0.1, -0.05) is 121 Å². The van der Waals surface area contributed by atoms with Gasteiger partial charge in [0.2, 0.25) is 6.08 Å². The molecule has 0 saturated heterocycles. The zero-order valence-corrected chi connectivity index (χ0v) is 17.7. The van der Waals surface area contributed by atoms with Gasteiger partial charge in [-0.3, -0.25) is 0 Å². The fourth-order valence-electron chi connectivity index (χ4n) is 3.74. The summed E-state index contributed by atoms with van der Waals surface area (Å²) in [6, 6.07) is 7.91. The highest BCUT2D eigenvalue weighted by Crippen LogP contribution is 2.21. The Kier molecular flexibility index (Phi) is 15.7. The van der Waals surface area contributed by atoms with Crippen molar-refractivity contribution in [3.8, 4) is 0 Å². The van der Waals surface area contributed by atoms with Crippen LogP contribution in [-0.2, 0) is 11.2 Å². The van der Waals surface area contributed by atoms with Crippen LogP contribution in [0.1, 0.15) is 115 Å². The van der Waals surface area contributed by atoms with E-state index in [1.165, 1.54) is 108 Å². The highest BCUT2D eigenvalue weighted by molar-refractivity contribution is 5.53. The SMILES string of the molecule is CCCCCCCCCCCCCCCCCCc1ccccc1N=C=O. The minimum Gasteiger partial charge on any atom is -0.211 e. The van der Waals surface area contributed by atoms with E-state index in [-0.39, 0.29) is 0 Å². The fourth-order valence-corrected chi connectivity index (χ4v) is 3.74. The Morgan fingerprint density at radius 1 is 0.667 bits per heavy atom. The molecule has 0 radical (unpaired) electrons. The van der Waals surface area contributed by atoms with Crippen molar-refractivity contribution in [2.75, 3.05) is 0 Å². The van der Waals surface area contributed by atoms with Gasteiger partial charge in [-0.15, -0.1) is 0 Å². The van der Waals surface area contributed by atoms with Crippen LogP contribution < -0.4 is 0 Å². The van der Waals surface area contributed by atoms with Crippen molar-refractivity contribution in [2.24, 2.45) is 4.99 Å². The zero-order valence-electron chi connectivity index (χ0n) is 17.7. The molecular weight excluding hydrogens is 330 g/mol. The van der Waals surface area contributed by atoms with Crippen LogP contribution in [0, 0.1) is 0 Å². The minimum absolute atomic E-state index is 0.786. The number of benzene rings is 1. The molecule has 0 spiro atoms. The first-order valence-corrected chi connectivity index (χ1v) is 11.5. The molecule has 27 heavy (non-hydrogen) atoms. The molecule has 0 unspecified atom stereocenters. The number of aryl methyl sites for hydroxylation is 1. The summed E-state index contributed by atoms with van der Waals surface area (Å²) >= 11 is 0. The number of hydrogen-bond donors (Lipinski definition) is 0. The largest absolute Gasteiger partial charge is 0.240 e. The van der Waals surface area contributed by atoms with E-state index >= 15 is 0 Å². The summed E-state index contributed by atoms with van der Waals surface area (Å²) in [6.07, 6.45) is 24.9. The first kappa shape index (κ1) is 23.6. The molecule has 152 valence electrons. The van der Waals surface area contributed by atoms with Gasteiger partial charge in [0.25, 0.3) is 0 Å². The van der Waals surface area contributed by atoms with Crippen LogP contribution in [0.2, 0.25) is 0 Å². The normalized spacial score (nSPS) is 10.7. The average molecular weight is 372 g/mol. The highest BCUT2D eigenvalue weighted by Gasteiger charge is 2.00. The maximum atomic E-state index is 10.5. The summed E-state index contributed by atoms with van der Waals surface area (Å²) in [6.45, 7) is 2.28. The maximum Gasteiger partial charge on any atom is 0.240 e. The quantitative estimate of drug-likeness (QED) is 0.144. The molecule has 0 atom stereocenters. The molecule has 1 aromatic rings. The van der Waals surface area contributed by atoms with Crippen LogP contribution in [0.4, 0.5) is 5.69 Å². The lowest BCUT2D eigenvalue weighted by atomic mass is 10.0. The van der Waals surface area contributed by atoms with E-state index in [1.54, 1.807) is 6.08 Å². The monoisotopic (exact) mass is 371 g/mol. The van der Waals surface area contributed by atoms with Crippen molar-refractivity contribution in [1.29, 1.82) is 0 Å². The van der Waals surface area contributed by atoms with E-state index in [2.05, 4.69) is 18.0 Å². The Labute approximate surface area is 167 Å². The van der Waals surface area contributed by atoms with Crippen LogP contribution in [0.25, 0.3) is 0 Å². The molecule has 1 aromatic carbocycles. The van der Waals surface area contributed by atoms with Crippen molar-refractivity contribution in [3.63, 3.8) is 0 Å². The number of aliphatic imine (C=N–C) groups is 1. The number of isocyanates is 1.